The summed E-state index contributed by atoms with van der Waals surface area (Å²) in [6, 6.07) is 6.86. The first-order valence-electron chi connectivity index (χ1n) is 6.94. The molecule has 0 aliphatic heterocycles. The van der Waals surface area contributed by atoms with E-state index in [1.807, 2.05) is 12.1 Å². The minimum absolute atomic E-state index is 0.162. The fraction of sp³-hybridized carbons (Fsp3) is 0.625. The van der Waals surface area contributed by atoms with E-state index in [0.29, 0.717) is 5.92 Å². The number of benzene rings is 1. The molecular formula is C16H22ClF. The average molecular weight is 269 g/mol. The molecule has 1 aliphatic carbocycles. The second-order valence-electron chi connectivity index (χ2n) is 5.92. The maximum Gasteiger partial charge on any atom is 0.123 e. The third-order valence-corrected chi connectivity index (χ3v) is 4.86. The quantitative estimate of drug-likeness (QED) is 0.673. The van der Waals surface area contributed by atoms with E-state index in [9.17, 15) is 4.39 Å². The van der Waals surface area contributed by atoms with Crippen LogP contribution in [0.5, 0.6) is 0 Å². The highest BCUT2D eigenvalue weighted by Gasteiger charge is 2.30. The van der Waals surface area contributed by atoms with Crippen LogP contribution in [0.2, 0.25) is 0 Å². The summed E-state index contributed by atoms with van der Waals surface area (Å²) in [6.45, 7) is 4.60. The summed E-state index contributed by atoms with van der Waals surface area (Å²) in [6.07, 6.45) is 4.57. The van der Waals surface area contributed by atoms with Crippen LogP contribution in [0.4, 0.5) is 4.39 Å². The normalized spacial score (nSPS) is 28.6. The number of hydrogen-bond donors (Lipinski definition) is 0. The Balaban J connectivity index is 2.00. The SMILES string of the molecule is CC(C)C1CCC(Cl)C(Cc2ccc(F)cc2)C1. The van der Waals surface area contributed by atoms with Crippen LogP contribution in [-0.4, -0.2) is 5.38 Å². The van der Waals surface area contributed by atoms with Crippen molar-refractivity contribution in [2.24, 2.45) is 17.8 Å². The van der Waals surface area contributed by atoms with Crippen molar-refractivity contribution in [2.45, 2.75) is 44.9 Å². The Bertz CT molecular complexity index is 371. The van der Waals surface area contributed by atoms with Gasteiger partial charge in [-0.1, -0.05) is 26.0 Å². The van der Waals surface area contributed by atoms with Crippen LogP contribution in [-0.2, 0) is 6.42 Å². The first kappa shape index (κ1) is 13.9. The van der Waals surface area contributed by atoms with Crippen LogP contribution in [0.1, 0.15) is 38.7 Å². The molecule has 0 heterocycles. The van der Waals surface area contributed by atoms with Crippen LogP contribution in [0.25, 0.3) is 0 Å². The second kappa shape index (κ2) is 6.06. The molecule has 0 bridgehead atoms. The molecule has 100 valence electrons. The Morgan fingerprint density at radius 3 is 2.50 bits per heavy atom. The molecule has 0 radical (unpaired) electrons. The van der Waals surface area contributed by atoms with E-state index < -0.39 is 0 Å². The van der Waals surface area contributed by atoms with Crippen molar-refractivity contribution < 1.29 is 4.39 Å². The summed E-state index contributed by atoms with van der Waals surface area (Å²) in [5, 5.41) is 0.282. The summed E-state index contributed by atoms with van der Waals surface area (Å²) in [7, 11) is 0. The fourth-order valence-electron chi connectivity index (χ4n) is 3.00. The summed E-state index contributed by atoms with van der Waals surface area (Å²) in [4.78, 5) is 0. The molecule has 0 N–H and O–H groups in total. The smallest absolute Gasteiger partial charge is 0.123 e. The van der Waals surface area contributed by atoms with Crippen molar-refractivity contribution in [3.8, 4) is 0 Å². The van der Waals surface area contributed by atoms with E-state index >= 15 is 0 Å². The maximum absolute atomic E-state index is 12.9. The van der Waals surface area contributed by atoms with E-state index in [2.05, 4.69) is 13.8 Å². The molecule has 1 aromatic rings. The van der Waals surface area contributed by atoms with Gasteiger partial charge in [0, 0.05) is 5.38 Å². The van der Waals surface area contributed by atoms with E-state index in [0.717, 1.165) is 24.7 Å². The third-order valence-electron chi connectivity index (χ3n) is 4.28. The largest absolute Gasteiger partial charge is 0.207 e. The summed E-state index contributed by atoms with van der Waals surface area (Å²) < 4.78 is 12.9. The molecule has 1 saturated carbocycles. The minimum Gasteiger partial charge on any atom is -0.207 e. The topological polar surface area (TPSA) is 0 Å². The van der Waals surface area contributed by atoms with Gasteiger partial charge in [0.05, 0.1) is 0 Å². The first-order chi connectivity index (χ1) is 8.56. The van der Waals surface area contributed by atoms with Gasteiger partial charge >= 0.3 is 0 Å². The molecule has 0 aromatic heterocycles. The van der Waals surface area contributed by atoms with Crippen molar-refractivity contribution in [2.75, 3.05) is 0 Å². The van der Waals surface area contributed by atoms with Gasteiger partial charge in [-0.15, -0.1) is 11.6 Å². The molecule has 3 atom stereocenters. The Morgan fingerprint density at radius 1 is 1.22 bits per heavy atom. The molecule has 1 aromatic carbocycles. The first-order valence-corrected chi connectivity index (χ1v) is 7.38. The zero-order chi connectivity index (χ0) is 13.1. The number of hydrogen-bond acceptors (Lipinski definition) is 0. The van der Waals surface area contributed by atoms with Gasteiger partial charge in [0.25, 0.3) is 0 Å². The maximum atomic E-state index is 12.9. The van der Waals surface area contributed by atoms with Crippen molar-refractivity contribution in [3.05, 3.63) is 35.6 Å². The Kier molecular flexibility index (Phi) is 4.66. The molecule has 0 amide bonds. The van der Waals surface area contributed by atoms with Gasteiger partial charge in [0.1, 0.15) is 5.82 Å². The van der Waals surface area contributed by atoms with Crippen LogP contribution in [0, 0.1) is 23.6 Å². The number of alkyl halides is 1. The van der Waals surface area contributed by atoms with E-state index in [1.54, 1.807) is 12.1 Å². The second-order valence-corrected chi connectivity index (χ2v) is 6.48. The Labute approximate surface area is 115 Å². The van der Waals surface area contributed by atoms with Crippen LogP contribution >= 0.6 is 11.6 Å². The minimum atomic E-state index is -0.162. The van der Waals surface area contributed by atoms with Gasteiger partial charge in [-0.2, -0.15) is 0 Å². The van der Waals surface area contributed by atoms with Gasteiger partial charge in [-0.3, -0.25) is 0 Å². The number of rotatable bonds is 3. The van der Waals surface area contributed by atoms with Crippen molar-refractivity contribution in [1.82, 2.24) is 0 Å². The fourth-order valence-corrected chi connectivity index (χ4v) is 3.32. The molecule has 1 aliphatic rings. The summed E-state index contributed by atoms with van der Waals surface area (Å²) in [5.74, 6) is 1.92. The lowest BCUT2D eigenvalue weighted by Gasteiger charge is -2.35. The Hall–Kier alpha value is -0.560. The molecular weight excluding hydrogens is 247 g/mol. The molecule has 2 heteroatoms. The monoisotopic (exact) mass is 268 g/mol. The molecule has 18 heavy (non-hydrogen) atoms. The lowest BCUT2D eigenvalue weighted by Crippen LogP contribution is -2.29. The molecule has 3 unspecified atom stereocenters. The van der Waals surface area contributed by atoms with Crippen LogP contribution < -0.4 is 0 Å². The lowest BCUT2D eigenvalue weighted by atomic mass is 9.74. The molecule has 1 fully saturated rings. The zero-order valence-electron chi connectivity index (χ0n) is 11.2. The summed E-state index contributed by atoms with van der Waals surface area (Å²) in [5.41, 5.74) is 1.21. The molecule has 0 nitrogen and oxygen atoms in total. The van der Waals surface area contributed by atoms with E-state index in [1.165, 1.54) is 18.4 Å². The van der Waals surface area contributed by atoms with E-state index in [-0.39, 0.29) is 11.2 Å². The predicted molar refractivity (Wildman–Crippen MR) is 75.4 cm³/mol. The van der Waals surface area contributed by atoms with Crippen molar-refractivity contribution in [3.63, 3.8) is 0 Å². The van der Waals surface area contributed by atoms with Gasteiger partial charge in [0.2, 0.25) is 0 Å². The summed E-state index contributed by atoms with van der Waals surface area (Å²) >= 11 is 6.46. The highest BCUT2D eigenvalue weighted by atomic mass is 35.5. The zero-order valence-corrected chi connectivity index (χ0v) is 12.0. The predicted octanol–water partition coefficient (Wildman–Crippen LogP) is 5.05. The van der Waals surface area contributed by atoms with Gasteiger partial charge in [-0.05, 0) is 61.1 Å². The van der Waals surface area contributed by atoms with Crippen LogP contribution in [0.3, 0.4) is 0 Å². The van der Waals surface area contributed by atoms with E-state index in [4.69, 9.17) is 11.6 Å². The number of halogens is 2. The highest BCUT2D eigenvalue weighted by Crippen LogP contribution is 2.38. The van der Waals surface area contributed by atoms with Gasteiger partial charge in [-0.25, -0.2) is 4.39 Å². The molecule has 0 saturated heterocycles. The lowest BCUT2D eigenvalue weighted by molar-refractivity contribution is 0.218. The average Bonchev–Trinajstić information content (AvgIpc) is 2.34. The molecule has 0 spiro atoms. The van der Waals surface area contributed by atoms with Gasteiger partial charge < -0.3 is 0 Å². The van der Waals surface area contributed by atoms with Gasteiger partial charge in [0.15, 0.2) is 0 Å². The van der Waals surface area contributed by atoms with Crippen molar-refractivity contribution in [1.29, 1.82) is 0 Å². The standard InChI is InChI=1S/C16H22ClF/c1-11(2)13-5-8-16(17)14(10-13)9-12-3-6-15(18)7-4-12/h3-4,6-7,11,13-14,16H,5,8-10H2,1-2H3. The third kappa shape index (κ3) is 3.47. The Morgan fingerprint density at radius 2 is 1.89 bits per heavy atom. The molecule has 2 rings (SSSR count). The van der Waals surface area contributed by atoms with Crippen molar-refractivity contribution >= 4 is 11.6 Å². The highest BCUT2D eigenvalue weighted by molar-refractivity contribution is 6.20. The van der Waals surface area contributed by atoms with Crippen LogP contribution in [0.15, 0.2) is 24.3 Å².